The highest BCUT2D eigenvalue weighted by atomic mass is 127. The maximum absolute atomic E-state index is 12.9. The molecule has 3 heterocycles. The van der Waals surface area contributed by atoms with Crippen molar-refractivity contribution in [3.8, 4) is 11.5 Å². The fourth-order valence-electron chi connectivity index (χ4n) is 6.12. The van der Waals surface area contributed by atoms with Gasteiger partial charge in [0.25, 0.3) is 0 Å². The quantitative estimate of drug-likeness (QED) is 0.266. The Morgan fingerprint density at radius 1 is 1.27 bits per heavy atom. The molecule has 2 amide bonds. The Labute approximate surface area is 230 Å². The number of nitrogens with zero attached hydrogens (tertiary/aromatic N) is 2. The van der Waals surface area contributed by atoms with E-state index in [1.807, 2.05) is 30.3 Å². The minimum atomic E-state index is -0.301. The number of likely N-dealkylation sites (tertiary alicyclic amines) is 1. The van der Waals surface area contributed by atoms with Gasteiger partial charge in [-0.05, 0) is 95.3 Å². The number of hydrogen-bond acceptors (Lipinski definition) is 6. The fourth-order valence-corrected chi connectivity index (χ4v) is 6.74. The zero-order chi connectivity index (χ0) is 26.3. The van der Waals surface area contributed by atoms with Crippen LogP contribution in [0.1, 0.15) is 43.9 Å². The van der Waals surface area contributed by atoms with Crippen LogP contribution in [-0.2, 0) is 14.3 Å². The maximum atomic E-state index is 12.9. The summed E-state index contributed by atoms with van der Waals surface area (Å²) in [6, 6.07) is 9.60. The van der Waals surface area contributed by atoms with Crippen LogP contribution >= 0.6 is 22.6 Å². The van der Waals surface area contributed by atoms with Gasteiger partial charge in [-0.25, -0.2) is 0 Å². The van der Waals surface area contributed by atoms with Gasteiger partial charge < -0.3 is 14.6 Å². The summed E-state index contributed by atoms with van der Waals surface area (Å²) in [5.41, 5.74) is 5.35. The number of carbonyl (C=O) groups is 2. The lowest BCUT2D eigenvalue weighted by Gasteiger charge is -2.31. The number of phenolic OH excluding ortho intramolecular Hbond substituents is 1. The number of benzene rings is 1. The van der Waals surface area contributed by atoms with Crippen molar-refractivity contribution in [1.82, 2.24) is 9.88 Å². The Hall–Kier alpha value is -2.72. The molecule has 2 aliphatic heterocycles. The number of aromatic hydroxyl groups is 1. The number of imide groups is 1. The van der Waals surface area contributed by atoms with Gasteiger partial charge in [-0.3, -0.25) is 19.5 Å². The Balaban J connectivity index is 1.44. The van der Waals surface area contributed by atoms with E-state index in [0.29, 0.717) is 22.3 Å². The van der Waals surface area contributed by atoms with Gasteiger partial charge in [0.05, 0.1) is 40.9 Å². The van der Waals surface area contributed by atoms with Crippen molar-refractivity contribution in [1.29, 1.82) is 0 Å². The normalized spacial score (nSPS) is 25.5. The smallest absolute Gasteiger partial charge is 0.233 e. The number of methoxy groups -OCH3 is 1. The highest BCUT2D eigenvalue weighted by Gasteiger charge is 2.55. The molecule has 1 N–H and O–H groups in total. The summed E-state index contributed by atoms with van der Waals surface area (Å²) in [5, 5.41) is 10.3. The summed E-state index contributed by atoms with van der Waals surface area (Å²) >= 11 is 2.10. The second-order valence-electron chi connectivity index (χ2n) is 9.89. The minimum absolute atomic E-state index is 0.0229. The predicted octanol–water partition coefficient (Wildman–Crippen LogP) is 5.08. The highest BCUT2D eigenvalue weighted by Crippen LogP contribution is 2.50. The van der Waals surface area contributed by atoms with E-state index in [1.165, 1.54) is 16.0 Å². The Kier molecular flexibility index (Phi) is 7.40. The molecule has 2 aromatic rings. The van der Waals surface area contributed by atoms with Crippen molar-refractivity contribution >= 4 is 46.1 Å². The number of pyridine rings is 1. The van der Waals surface area contributed by atoms with E-state index in [9.17, 15) is 14.7 Å². The fraction of sp³-hybridized carbons (Fsp3) is 0.414. The molecule has 1 aliphatic carbocycles. The average Bonchev–Trinajstić information content (AvgIpc) is 3.43. The third-order valence-corrected chi connectivity index (χ3v) is 8.76. The number of phenols is 1. The number of allylic oxidation sites excluding steroid dienone is 2. The SMILES string of the molecule is CCC1=C2[C@@H](CC/C(=C/c3cc(I)c(O)c(OC)c3)c3ccccn3)OC[C@@H]2[C@@H]2C(=O)N(C)C(=O)[C@@H]2C1. The Bertz CT molecular complexity index is 1290. The van der Waals surface area contributed by atoms with Crippen LogP contribution < -0.4 is 4.74 Å². The van der Waals surface area contributed by atoms with Gasteiger partial charge >= 0.3 is 0 Å². The first-order valence-electron chi connectivity index (χ1n) is 12.7. The van der Waals surface area contributed by atoms with Crippen LogP contribution in [0.4, 0.5) is 0 Å². The topological polar surface area (TPSA) is 89.0 Å². The van der Waals surface area contributed by atoms with Crippen molar-refractivity contribution in [2.45, 2.75) is 38.7 Å². The van der Waals surface area contributed by atoms with Gasteiger partial charge in [0, 0.05) is 19.2 Å². The third kappa shape index (κ3) is 4.69. The molecule has 1 aromatic carbocycles. The van der Waals surface area contributed by atoms with Crippen LogP contribution in [0.5, 0.6) is 11.5 Å². The van der Waals surface area contributed by atoms with Gasteiger partial charge in [-0.2, -0.15) is 0 Å². The molecule has 2 saturated heterocycles. The van der Waals surface area contributed by atoms with Crippen LogP contribution in [0.25, 0.3) is 11.6 Å². The molecule has 7 nitrogen and oxygen atoms in total. The standard InChI is InChI=1S/C29H31IN2O5/c1-4-17-14-19-26(29(35)32(2)28(19)34)20-15-37-23(25(17)20)9-8-18(22-7-5-6-10-31-22)11-16-12-21(30)27(33)24(13-16)36-3/h5-7,10-13,19-20,23,26,33H,4,8-9,14-15H2,1-3H3/b18-11-/t19-,20+,23-,26-/m1/s1. The average molecular weight is 614 g/mol. The molecule has 5 rings (SSSR count). The molecule has 0 bridgehead atoms. The van der Waals surface area contributed by atoms with E-state index >= 15 is 0 Å². The van der Waals surface area contributed by atoms with Gasteiger partial charge in [0.1, 0.15) is 0 Å². The number of amides is 2. The summed E-state index contributed by atoms with van der Waals surface area (Å²) in [5.74, 6) is -0.138. The second-order valence-corrected chi connectivity index (χ2v) is 11.1. The zero-order valence-electron chi connectivity index (χ0n) is 21.2. The predicted molar refractivity (Wildman–Crippen MR) is 149 cm³/mol. The van der Waals surface area contributed by atoms with Crippen LogP contribution in [-0.4, -0.2) is 53.7 Å². The number of carbonyl (C=O) groups excluding carboxylic acids is 2. The summed E-state index contributed by atoms with van der Waals surface area (Å²) in [6.07, 6.45) is 6.75. The maximum Gasteiger partial charge on any atom is 0.233 e. The van der Waals surface area contributed by atoms with E-state index in [2.05, 4.69) is 40.6 Å². The van der Waals surface area contributed by atoms with Gasteiger partial charge in [0.2, 0.25) is 11.8 Å². The van der Waals surface area contributed by atoms with E-state index in [4.69, 9.17) is 9.47 Å². The van der Waals surface area contributed by atoms with Crippen molar-refractivity contribution in [3.05, 3.63) is 62.5 Å². The third-order valence-electron chi connectivity index (χ3n) is 7.94. The summed E-state index contributed by atoms with van der Waals surface area (Å²) in [6.45, 7) is 2.60. The van der Waals surface area contributed by atoms with Crippen LogP contribution in [0, 0.1) is 21.3 Å². The van der Waals surface area contributed by atoms with Crippen molar-refractivity contribution in [2.75, 3.05) is 20.8 Å². The molecule has 194 valence electrons. The molecule has 37 heavy (non-hydrogen) atoms. The number of hydrogen-bond donors (Lipinski definition) is 1. The number of aromatic nitrogens is 1. The van der Waals surface area contributed by atoms with Crippen molar-refractivity contribution in [2.24, 2.45) is 17.8 Å². The summed E-state index contributed by atoms with van der Waals surface area (Å²) in [4.78, 5) is 31.6. The number of fused-ring (bicyclic) bond motifs is 3. The molecule has 1 aromatic heterocycles. The Morgan fingerprint density at radius 3 is 2.78 bits per heavy atom. The molecule has 4 atom stereocenters. The first-order chi connectivity index (χ1) is 17.8. The van der Waals surface area contributed by atoms with E-state index in [0.717, 1.165) is 36.1 Å². The van der Waals surface area contributed by atoms with Crippen LogP contribution in [0.2, 0.25) is 0 Å². The van der Waals surface area contributed by atoms with Crippen LogP contribution in [0.15, 0.2) is 47.7 Å². The van der Waals surface area contributed by atoms with Crippen molar-refractivity contribution in [3.63, 3.8) is 0 Å². The number of halogens is 1. The van der Waals surface area contributed by atoms with E-state index in [1.54, 1.807) is 20.4 Å². The summed E-state index contributed by atoms with van der Waals surface area (Å²) < 4.78 is 12.4. The van der Waals surface area contributed by atoms with E-state index < -0.39 is 0 Å². The number of rotatable bonds is 7. The molecule has 8 heteroatoms. The molecule has 2 fully saturated rings. The van der Waals surface area contributed by atoms with Gasteiger partial charge in [-0.15, -0.1) is 0 Å². The largest absolute Gasteiger partial charge is 0.504 e. The monoisotopic (exact) mass is 614 g/mol. The molecular weight excluding hydrogens is 583 g/mol. The molecule has 0 radical (unpaired) electrons. The lowest BCUT2D eigenvalue weighted by atomic mass is 9.69. The lowest BCUT2D eigenvalue weighted by molar-refractivity contribution is -0.138. The highest BCUT2D eigenvalue weighted by molar-refractivity contribution is 14.1. The minimum Gasteiger partial charge on any atom is -0.504 e. The first-order valence-corrected chi connectivity index (χ1v) is 13.7. The molecule has 0 saturated carbocycles. The molecule has 3 aliphatic rings. The second kappa shape index (κ2) is 10.6. The number of ether oxygens (including phenoxy) is 2. The molecule has 0 unspecified atom stereocenters. The Morgan fingerprint density at radius 2 is 2.08 bits per heavy atom. The lowest BCUT2D eigenvalue weighted by Crippen LogP contribution is -2.33. The van der Waals surface area contributed by atoms with Gasteiger partial charge in [0.15, 0.2) is 11.5 Å². The van der Waals surface area contributed by atoms with E-state index in [-0.39, 0.29) is 41.4 Å². The van der Waals surface area contributed by atoms with Crippen LogP contribution in [0.3, 0.4) is 0 Å². The first kappa shape index (κ1) is 25.9. The van der Waals surface area contributed by atoms with Gasteiger partial charge in [-0.1, -0.05) is 18.6 Å². The van der Waals surface area contributed by atoms with Crippen molar-refractivity contribution < 1.29 is 24.2 Å². The molecule has 0 spiro atoms. The zero-order valence-corrected chi connectivity index (χ0v) is 23.4. The summed E-state index contributed by atoms with van der Waals surface area (Å²) in [7, 11) is 3.14. The molecular formula is C29H31IN2O5.